The quantitative estimate of drug-likeness (QED) is 0.916. The van der Waals surface area contributed by atoms with Crippen LogP contribution < -0.4 is 10.2 Å². The fraction of sp³-hybridized carbons (Fsp3) is 0.800. The van der Waals surface area contributed by atoms with Crippen molar-refractivity contribution in [1.29, 1.82) is 0 Å². The van der Waals surface area contributed by atoms with Gasteiger partial charge in [0.1, 0.15) is 0 Å². The fourth-order valence-corrected chi connectivity index (χ4v) is 3.06. The first kappa shape index (κ1) is 14.8. The first-order valence-corrected chi connectivity index (χ1v) is 8.08. The van der Waals surface area contributed by atoms with Gasteiger partial charge in [0.15, 0.2) is 5.13 Å². The summed E-state index contributed by atoms with van der Waals surface area (Å²) in [6.45, 7) is 14.4. The molecule has 19 heavy (non-hydrogen) atoms. The molecule has 108 valence electrons. The lowest BCUT2D eigenvalue weighted by molar-refractivity contribution is 0.279. The van der Waals surface area contributed by atoms with Crippen molar-refractivity contribution in [3.05, 3.63) is 11.1 Å². The molecular weight excluding hydrogens is 254 g/mol. The van der Waals surface area contributed by atoms with Gasteiger partial charge in [-0.05, 0) is 39.0 Å². The van der Waals surface area contributed by atoms with Crippen LogP contribution in [0.2, 0.25) is 0 Å². The lowest BCUT2D eigenvalue weighted by atomic mass is 9.83. The van der Waals surface area contributed by atoms with E-state index in [-0.39, 0.29) is 5.54 Å². The molecule has 0 bridgehead atoms. The highest BCUT2D eigenvalue weighted by Crippen LogP contribution is 2.33. The van der Waals surface area contributed by atoms with Crippen molar-refractivity contribution >= 4 is 16.5 Å². The smallest absolute Gasteiger partial charge is 0.185 e. The van der Waals surface area contributed by atoms with Gasteiger partial charge in [-0.1, -0.05) is 13.8 Å². The Morgan fingerprint density at radius 2 is 1.95 bits per heavy atom. The highest BCUT2D eigenvalue weighted by atomic mass is 32.1. The maximum atomic E-state index is 4.77. The number of rotatable bonds is 3. The Morgan fingerprint density at radius 3 is 2.53 bits per heavy atom. The molecule has 0 spiro atoms. The Morgan fingerprint density at radius 1 is 1.32 bits per heavy atom. The molecule has 0 atom stereocenters. The number of hydrogen-bond acceptors (Lipinski definition) is 4. The molecule has 1 fully saturated rings. The maximum absolute atomic E-state index is 4.77. The van der Waals surface area contributed by atoms with Crippen LogP contribution in [0, 0.1) is 5.41 Å². The molecule has 0 aliphatic carbocycles. The molecule has 1 aliphatic rings. The average Bonchev–Trinajstić information content (AvgIpc) is 2.74. The van der Waals surface area contributed by atoms with E-state index >= 15 is 0 Å². The van der Waals surface area contributed by atoms with Crippen LogP contribution in [-0.4, -0.2) is 23.6 Å². The van der Waals surface area contributed by atoms with Crippen molar-refractivity contribution in [2.75, 3.05) is 18.0 Å². The van der Waals surface area contributed by atoms with Crippen molar-refractivity contribution in [2.24, 2.45) is 5.41 Å². The van der Waals surface area contributed by atoms with Crippen molar-refractivity contribution in [1.82, 2.24) is 10.3 Å². The van der Waals surface area contributed by atoms with Gasteiger partial charge in [0.2, 0.25) is 0 Å². The number of thiazole rings is 1. The molecule has 3 nitrogen and oxygen atoms in total. The first-order valence-electron chi connectivity index (χ1n) is 7.20. The summed E-state index contributed by atoms with van der Waals surface area (Å²) >= 11 is 1.78. The summed E-state index contributed by atoms with van der Waals surface area (Å²) in [5, 5.41) is 6.88. The molecule has 0 radical (unpaired) electrons. The predicted octanol–water partition coefficient (Wildman–Crippen LogP) is 3.66. The Balaban J connectivity index is 1.91. The molecule has 1 N–H and O–H groups in total. The second-order valence-corrected chi connectivity index (χ2v) is 8.21. The van der Waals surface area contributed by atoms with Gasteiger partial charge in [-0.25, -0.2) is 4.98 Å². The first-order chi connectivity index (χ1) is 8.75. The van der Waals surface area contributed by atoms with Gasteiger partial charge in [-0.15, -0.1) is 11.3 Å². The number of aromatic nitrogens is 1. The second kappa shape index (κ2) is 5.41. The van der Waals surface area contributed by atoms with Gasteiger partial charge >= 0.3 is 0 Å². The number of hydrogen-bond donors (Lipinski definition) is 1. The number of nitrogens with zero attached hydrogens (tertiary/aromatic N) is 2. The average molecular weight is 281 g/mol. The highest BCUT2D eigenvalue weighted by molar-refractivity contribution is 7.13. The Kier molecular flexibility index (Phi) is 4.21. The van der Waals surface area contributed by atoms with Gasteiger partial charge < -0.3 is 10.2 Å². The van der Waals surface area contributed by atoms with Crippen molar-refractivity contribution in [3.8, 4) is 0 Å². The van der Waals surface area contributed by atoms with E-state index in [1.165, 1.54) is 23.7 Å². The van der Waals surface area contributed by atoms with E-state index in [1.807, 2.05) is 0 Å². The van der Waals surface area contributed by atoms with E-state index in [0.29, 0.717) is 5.41 Å². The van der Waals surface area contributed by atoms with Crippen LogP contribution in [0.3, 0.4) is 0 Å². The van der Waals surface area contributed by atoms with Crippen molar-refractivity contribution in [3.63, 3.8) is 0 Å². The van der Waals surface area contributed by atoms with E-state index in [4.69, 9.17) is 4.98 Å². The number of nitrogens with one attached hydrogen (secondary N) is 1. The molecule has 0 saturated carbocycles. The summed E-state index contributed by atoms with van der Waals surface area (Å²) in [4.78, 5) is 7.21. The molecule has 1 aromatic rings. The normalized spacial score (nSPS) is 19.7. The molecule has 4 heteroatoms. The van der Waals surface area contributed by atoms with Crippen LogP contribution in [0.5, 0.6) is 0 Å². The van der Waals surface area contributed by atoms with Crippen LogP contribution in [0.4, 0.5) is 5.13 Å². The molecule has 2 heterocycles. The third kappa shape index (κ3) is 4.46. The zero-order valence-corrected chi connectivity index (χ0v) is 13.7. The van der Waals surface area contributed by atoms with Crippen LogP contribution in [0.1, 0.15) is 53.2 Å². The lowest BCUT2D eigenvalue weighted by Crippen LogP contribution is -2.37. The summed E-state index contributed by atoms with van der Waals surface area (Å²) < 4.78 is 0. The summed E-state index contributed by atoms with van der Waals surface area (Å²) in [5.74, 6) is 0. The molecule has 1 aromatic heterocycles. The summed E-state index contributed by atoms with van der Waals surface area (Å²) in [6, 6.07) is 0. The minimum absolute atomic E-state index is 0.152. The van der Waals surface area contributed by atoms with E-state index in [9.17, 15) is 0 Å². The standard InChI is InChI=1S/C15H27N3S/c1-14(2,3)16-10-12-11-19-13(17-12)18-8-6-15(4,5)7-9-18/h11,16H,6-10H2,1-5H3. The largest absolute Gasteiger partial charge is 0.348 e. The van der Waals surface area contributed by atoms with Crippen LogP contribution in [0.15, 0.2) is 5.38 Å². The lowest BCUT2D eigenvalue weighted by Gasteiger charge is -2.36. The molecular formula is C15H27N3S. The zero-order valence-electron chi connectivity index (χ0n) is 12.9. The molecule has 2 rings (SSSR count). The zero-order chi connectivity index (χ0) is 14.1. The predicted molar refractivity (Wildman–Crippen MR) is 83.9 cm³/mol. The minimum atomic E-state index is 0.152. The SMILES string of the molecule is CC1(C)CCN(c2nc(CNC(C)(C)C)cs2)CC1. The Hall–Kier alpha value is -0.610. The Labute approximate surface area is 121 Å². The van der Waals surface area contributed by atoms with Crippen LogP contribution in [-0.2, 0) is 6.54 Å². The number of anilines is 1. The minimum Gasteiger partial charge on any atom is -0.348 e. The highest BCUT2D eigenvalue weighted by Gasteiger charge is 2.26. The summed E-state index contributed by atoms with van der Waals surface area (Å²) in [5.41, 5.74) is 1.82. The molecule has 0 unspecified atom stereocenters. The molecule has 1 saturated heterocycles. The third-order valence-electron chi connectivity index (χ3n) is 3.73. The van der Waals surface area contributed by atoms with Gasteiger partial charge in [0, 0.05) is 30.6 Å². The molecule has 0 aromatic carbocycles. The van der Waals surface area contributed by atoms with Gasteiger partial charge in [0.05, 0.1) is 5.69 Å². The van der Waals surface area contributed by atoms with Gasteiger partial charge in [-0.3, -0.25) is 0 Å². The van der Waals surface area contributed by atoms with Crippen LogP contribution in [0.25, 0.3) is 0 Å². The third-order valence-corrected chi connectivity index (χ3v) is 4.68. The fourth-order valence-electron chi connectivity index (χ4n) is 2.18. The van der Waals surface area contributed by atoms with Gasteiger partial charge in [0.25, 0.3) is 0 Å². The van der Waals surface area contributed by atoms with E-state index in [2.05, 4.69) is 50.2 Å². The maximum Gasteiger partial charge on any atom is 0.185 e. The topological polar surface area (TPSA) is 28.2 Å². The van der Waals surface area contributed by atoms with Crippen molar-refractivity contribution in [2.45, 2.75) is 59.5 Å². The van der Waals surface area contributed by atoms with Gasteiger partial charge in [-0.2, -0.15) is 0 Å². The monoisotopic (exact) mass is 281 g/mol. The van der Waals surface area contributed by atoms with E-state index in [1.54, 1.807) is 11.3 Å². The van der Waals surface area contributed by atoms with Crippen molar-refractivity contribution < 1.29 is 0 Å². The van der Waals surface area contributed by atoms with E-state index in [0.717, 1.165) is 19.6 Å². The summed E-state index contributed by atoms with van der Waals surface area (Å²) in [7, 11) is 0. The van der Waals surface area contributed by atoms with E-state index < -0.39 is 0 Å². The second-order valence-electron chi connectivity index (χ2n) is 7.38. The molecule has 1 aliphatic heterocycles. The van der Waals surface area contributed by atoms with Crippen LogP contribution >= 0.6 is 11.3 Å². The molecule has 0 amide bonds. The summed E-state index contributed by atoms with van der Waals surface area (Å²) in [6.07, 6.45) is 2.53. The Bertz CT molecular complexity index is 407. The number of piperidine rings is 1.